The molecule has 0 aliphatic carbocycles. The van der Waals surface area contributed by atoms with Crippen LogP contribution in [0.25, 0.3) is 0 Å². The zero-order chi connectivity index (χ0) is 13.2. The molecule has 2 fully saturated rings. The Morgan fingerprint density at radius 2 is 1.94 bits per heavy atom. The smallest absolute Gasteiger partial charge is 0.0637 e. The molecule has 0 spiro atoms. The summed E-state index contributed by atoms with van der Waals surface area (Å²) in [7, 11) is 0. The van der Waals surface area contributed by atoms with Crippen molar-refractivity contribution in [1.29, 1.82) is 0 Å². The van der Waals surface area contributed by atoms with Gasteiger partial charge in [-0.05, 0) is 26.3 Å². The molecule has 4 nitrogen and oxygen atoms in total. The number of nitrogens with one attached hydrogen (secondary N) is 3. The summed E-state index contributed by atoms with van der Waals surface area (Å²) in [6.45, 7) is 14.6. The highest BCUT2D eigenvalue weighted by Gasteiger charge is 2.37. The summed E-state index contributed by atoms with van der Waals surface area (Å²) in [5, 5.41) is 10.5. The highest BCUT2D eigenvalue weighted by Crippen LogP contribution is 2.31. The lowest BCUT2D eigenvalue weighted by Gasteiger charge is -2.41. The van der Waals surface area contributed by atoms with Crippen LogP contribution >= 0.6 is 0 Å². The highest BCUT2D eigenvalue weighted by molar-refractivity contribution is 5.22. The van der Waals surface area contributed by atoms with E-state index < -0.39 is 0 Å². The molecule has 0 bridgehead atoms. The van der Waals surface area contributed by atoms with Crippen LogP contribution in [0.1, 0.15) is 27.7 Å². The molecule has 104 valence electrons. The van der Waals surface area contributed by atoms with E-state index in [1.807, 2.05) is 0 Å². The molecule has 1 atom stereocenters. The minimum Gasteiger partial charge on any atom is -0.303 e. The summed E-state index contributed by atoms with van der Waals surface area (Å²) in [5.41, 5.74) is 1.65. The van der Waals surface area contributed by atoms with Crippen molar-refractivity contribution >= 4 is 0 Å². The first kappa shape index (κ1) is 14.0. The third kappa shape index (κ3) is 2.62. The SMILES string of the molecule is C/C=C(\C(C)C1NCCN1)C(C)(C)N1CCNC1. The largest absolute Gasteiger partial charge is 0.303 e. The fourth-order valence-corrected chi connectivity index (χ4v) is 3.40. The minimum absolute atomic E-state index is 0.129. The Hall–Kier alpha value is -0.420. The van der Waals surface area contributed by atoms with Crippen molar-refractivity contribution in [2.45, 2.75) is 39.4 Å². The predicted molar refractivity (Wildman–Crippen MR) is 76.4 cm³/mol. The van der Waals surface area contributed by atoms with E-state index in [9.17, 15) is 0 Å². The van der Waals surface area contributed by atoms with Crippen molar-refractivity contribution in [3.05, 3.63) is 11.6 Å². The summed E-state index contributed by atoms with van der Waals surface area (Å²) in [6, 6.07) is 0. The summed E-state index contributed by atoms with van der Waals surface area (Å²) in [5.74, 6) is 0.521. The topological polar surface area (TPSA) is 39.3 Å². The Labute approximate surface area is 111 Å². The van der Waals surface area contributed by atoms with E-state index in [-0.39, 0.29) is 5.54 Å². The van der Waals surface area contributed by atoms with E-state index in [2.05, 4.69) is 54.6 Å². The van der Waals surface area contributed by atoms with E-state index in [4.69, 9.17) is 0 Å². The summed E-state index contributed by atoms with van der Waals surface area (Å²) in [6.07, 6.45) is 2.73. The van der Waals surface area contributed by atoms with Crippen LogP contribution in [0.5, 0.6) is 0 Å². The van der Waals surface area contributed by atoms with Crippen molar-refractivity contribution in [3.63, 3.8) is 0 Å². The fourth-order valence-electron chi connectivity index (χ4n) is 3.40. The van der Waals surface area contributed by atoms with Gasteiger partial charge in [0, 0.05) is 44.3 Å². The number of hydrogen-bond donors (Lipinski definition) is 3. The summed E-state index contributed by atoms with van der Waals surface area (Å²) < 4.78 is 0. The van der Waals surface area contributed by atoms with Crippen LogP contribution in [0.15, 0.2) is 11.6 Å². The maximum Gasteiger partial charge on any atom is 0.0637 e. The Bertz CT molecular complexity index is 299. The monoisotopic (exact) mass is 252 g/mol. The average Bonchev–Trinajstić information content (AvgIpc) is 3.03. The van der Waals surface area contributed by atoms with Crippen LogP contribution < -0.4 is 16.0 Å². The highest BCUT2D eigenvalue weighted by atomic mass is 15.3. The molecule has 0 saturated carbocycles. The van der Waals surface area contributed by atoms with Crippen LogP contribution in [-0.2, 0) is 0 Å². The number of allylic oxidation sites excluding steroid dienone is 1. The molecule has 2 aliphatic rings. The molecule has 0 aromatic heterocycles. The van der Waals surface area contributed by atoms with Crippen LogP contribution in [0, 0.1) is 5.92 Å². The van der Waals surface area contributed by atoms with Crippen LogP contribution in [0.2, 0.25) is 0 Å². The first-order valence-electron chi connectivity index (χ1n) is 7.16. The second kappa shape index (κ2) is 5.70. The van der Waals surface area contributed by atoms with Gasteiger partial charge in [-0.2, -0.15) is 0 Å². The maximum absolute atomic E-state index is 3.55. The zero-order valence-electron chi connectivity index (χ0n) is 12.2. The van der Waals surface area contributed by atoms with E-state index in [1.165, 1.54) is 5.57 Å². The maximum atomic E-state index is 3.55. The lowest BCUT2D eigenvalue weighted by atomic mass is 9.82. The Morgan fingerprint density at radius 1 is 1.28 bits per heavy atom. The molecule has 0 amide bonds. The van der Waals surface area contributed by atoms with Crippen LogP contribution in [-0.4, -0.2) is 49.5 Å². The van der Waals surface area contributed by atoms with Gasteiger partial charge < -0.3 is 16.0 Å². The molecule has 3 N–H and O–H groups in total. The average molecular weight is 252 g/mol. The van der Waals surface area contributed by atoms with Crippen LogP contribution in [0.3, 0.4) is 0 Å². The molecule has 18 heavy (non-hydrogen) atoms. The van der Waals surface area contributed by atoms with Gasteiger partial charge in [-0.3, -0.25) is 4.90 Å². The quantitative estimate of drug-likeness (QED) is 0.645. The van der Waals surface area contributed by atoms with Gasteiger partial charge in [-0.1, -0.05) is 13.0 Å². The molecule has 0 aromatic rings. The summed E-state index contributed by atoms with van der Waals surface area (Å²) >= 11 is 0. The van der Waals surface area contributed by atoms with E-state index in [1.54, 1.807) is 0 Å². The molecule has 1 unspecified atom stereocenters. The predicted octanol–water partition coefficient (Wildman–Crippen LogP) is 0.729. The van der Waals surface area contributed by atoms with Crippen molar-refractivity contribution in [1.82, 2.24) is 20.9 Å². The summed E-state index contributed by atoms with van der Waals surface area (Å²) in [4.78, 5) is 2.54. The molecule has 2 rings (SSSR count). The van der Waals surface area contributed by atoms with Crippen molar-refractivity contribution in [2.24, 2.45) is 5.92 Å². The van der Waals surface area contributed by atoms with Gasteiger partial charge in [0.1, 0.15) is 0 Å². The molecular formula is C14H28N4. The van der Waals surface area contributed by atoms with E-state index in [0.29, 0.717) is 12.1 Å². The third-order valence-corrected chi connectivity index (χ3v) is 4.51. The number of hydrogen-bond acceptors (Lipinski definition) is 4. The first-order chi connectivity index (χ1) is 8.57. The van der Waals surface area contributed by atoms with Gasteiger partial charge in [-0.25, -0.2) is 0 Å². The van der Waals surface area contributed by atoms with Crippen LogP contribution in [0.4, 0.5) is 0 Å². The number of nitrogens with zero attached hydrogens (tertiary/aromatic N) is 1. The molecule has 4 heteroatoms. The van der Waals surface area contributed by atoms with Crippen molar-refractivity contribution in [2.75, 3.05) is 32.8 Å². The normalized spacial score (nSPS) is 25.9. The molecular weight excluding hydrogens is 224 g/mol. The number of rotatable bonds is 4. The molecule has 2 aliphatic heterocycles. The molecule has 2 saturated heterocycles. The zero-order valence-corrected chi connectivity index (χ0v) is 12.2. The van der Waals surface area contributed by atoms with E-state index in [0.717, 1.165) is 32.8 Å². The van der Waals surface area contributed by atoms with Gasteiger partial charge >= 0.3 is 0 Å². The van der Waals surface area contributed by atoms with E-state index >= 15 is 0 Å². The second-order valence-electron chi connectivity index (χ2n) is 5.90. The van der Waals surface area contributed by atoms with Crippen molar-refractivity contribution in [3.8, 4) is 0 Å². The van der Waals surface area contributed by atoms with Gasteiger partial charge in [-0.15, -0.1) is 0 Å². The molecule has 0 radical (unpaired) electrons. The Morgan fingerprint density at radius 3 is 2.44 bits per heavy atom. The van der Waals surface area contributed by atoms with Gasteiger partial charge in [0.05, 0.1) is 6.17 Å². The fraction of sp³-hybridized carbons (Fsp3) is 0.857. The van der Waals surface area contributed by atoms with Crippen molar-refractivity contribution < 1.29 is 0 Å². The van der Waals surface area contributed by atoms with Gasteiger partial charge in [0.2, 0.25) is 0 Å². The second-order valence-corrected chi connectivity index (χ2v) is 5.90. The van der Waals surface area contributed by atoms with Gasteiger partial charge in [0.15, 0.2) is 0 Å². The lowest BCUT2D eigenvalue weighted by Crippen LogP contribution is -2.50. The Balaban J connectivity index is 2.11. The third-order valence-electron chi connectivity index (χ3n) is 4.51. The minimum atomic E-state index is 0.129. The Kier molecular flexibility index (Phi) is 4.43. The standard InChI is InChI=1S/C14H28N4/c1-5-12(11(2)13-16-6-7-17-13)14(3,4)18-9-8-15-10-18/h5,11,13,15-17H,6-10H2,1-4H3/b12-5+. The van der Waals surface area contributed by atoms with Gasteiger partial charge in [0.25, 0.3) is 0 Å². The lowest BCUT2D eigenvalue weighted by molar-refractivity contribution is 0.170. The molecule has 2 heterocycles. The molecule has 0 aromatic carbocycles. The first-order valence-corrected chi connectivity index (χ1v) is 7.16.